The van der Waals surface area contributed by atoms with E-state index in [0.717, 1.165) is 11.8 Å². The van der Waals surface area contributed by atoms with Gasteiger partial charge in [0.2, 0.25) is 0 Å². The van der Waals surface area contributed by atoms with E-state index < -0.39 is 0 Å². The minimum Gasteiger partial charge on any atom is -0.0614 e. The van der Waals surface area contributed by atoms with E-state index in [1.54, 1.807) is 21.2 Å². The third-order valence-electron chi connectivity index (χ3n) is 7.66. The topological polar surface area (TPSA) is 0 Å². The summed E-state index contributed by atoms with van der Waals surface area (Å²) in [6.07, 6.45) is 5.40. The van der Waals surface area contributed by atoms with Crippen LogP contribution in [0.1, 0.15) is 35.1 Å². The van der Waals surface area contributed by atoms with E-state index in [1.807, 2.05) is 0 Å². The first-order valence-electron chi connectivity index (χ1n) is 13.3. The maximum absolute atomic E-state index is 2.44. The summed E-state index contributed by atoms with van der Waals surface area (Å²) in [5.41, 5.74) is 5.50. The van der Waals surface area contributed by atoms with Gasteiger partial charge < -0.3 is 0 Å². The molecule has 184 valence electrons. The molecule has 0 aliphatic heterocycles. The zero-order valence-corrected chi connectivity index (χ0v) is 23.9. The largest absolute Gasteiger partial charge is 0.0614 e. The van der Waals surface area contributed by atoms with Crippen molar-refractivity contribution >= 4 is 37.1 Å². The Balaban J connectivity index is 1.42. The molecule has 4 aromatic carbocycles. The maximum Gasteiger partial charge on any atom is -0.0192 e. The molecule has 0 unspecified atom stereocenters. The molecule has 5 rings (SSSR count). The molecule has 0 aromatic heterocycles. The Morgan fingerprint density at radius 2 is 0.750 bits per heavy atom. The van der Waals surface area contributed by atoms with E-state index in [9.17, 15) is 0 Å². The Kier molecular flexibility index (Phi) is 8.06. The Morgan fingerprint density at radius 1 is 0.472 bits per heavy atom. The number of hydrogen-bond acceptors (Lipinski definition) is 0. The van der Waals surface area contributed by atoms with Gasteiger partial charge in [-0.05, 0) is 102 Å². The van der Waals surface area contributed by atoms with Gasteiger partial charge in [-0.1, -0.05) is 119 Å². The minimum atomic E-state index is -0.340. The van der Waals surface area contributed by atoms with E-state index in [4.69, 9.17) is 0 Å². The molecule has 1 aliphatic rings. The van der Waals surface area contributed by atoms with Crippen LogP contribution in [0.15, 0.2) is 97.1 Å². The maximum atomic E-state index is 2.44. The Labute approximate surface area is 220 Å². The van der Waals surface area contributed by atoms with Gasteiger partial charge in [-0.2, -0.15) is 0 Å². The highest BCUT2D eigenvalue weighted by Gasteiger charge is 2.35. The van der Waals surface area contributed by atoms with Gasteiger partial charge in [-0.25, -0.2) is 0 Å². The van der Waals surface area contributed by atoms with E-state index in [1.165, 1.54) is 47.4 Å². The zero-order valence-electron chi connectivity index (χ0n) is 22.1. The van der Waals surface area contributed by atoms with Gasteiger partial charge in [0.15, 0.2) is 0 Å². The normalized spacial score (nSPS) is 17.4. The lowest BCUT2D eigenvalue weighted by atomic mass is 9.76. The van der Waals surface area contributed by atoms with Crippen LogP contribution >= 0.6 is 15.8 Å². The number of benzene rings is 4. The molecule has 1 saturated carbocycles. The van der Waals surface area contributed by atoms with Crippen molar-refractivity contribution in [1.82, 2.24) is 0 Å². The van der Waals surface area contributed by atoms with E-state index in [2.05, 4.69) is 125 Å². The molecule has 2 heteroatoms. The first-order chi connectivity index (χ1) is 17.5. The van der Waals surface area contributed by atoms with Crippen LogP contribution in [0.3, 0.4) is 0 Å². The van der Waals surface area contributed by atoms with Crippen molar-refractivity contribution in [2.45, 2.75) is 40.5 Å². The average molecular weight is 509 g/mol. The Morgan fingerprint density at radius 3 is 0.972 bits per heavy atom. The predicted molar refractivity (Wildman–Crippen MR) is 163 cm³/mol. The fraction of sp³-hybridized carbons (Fsp3) is 0.294. The fourth-order valence-corrected chi connectivity index (χ4v) is 11.3. The molecule has 0 spiro atoms. The van der Waals surface area contributed by atoms with E-state index in [-0.39, 0.29) is 15.8 Å². The molecule has 2 atom stereocenters. The molecule has 0 radical (unpaired) electrons. The molecular formula is C34H38P2. The van der Waals surface area contributed by atoms with Crippen molar-refractivity contribution in [3.63, 3.8) is 0 Å². The third-order valence-corrected chi connectivity index (χ3v) is 12.9. The van der Waals surface area contributed by atoms with Gasteiger partial charge >= 0.3 is 0 Å². The zero-order chi connectivity index (χ0) is 25.1. The molecule has 1 aliphatic carbocycles. The standard InChI is InChI=1S/C34H38P2/c1-25-9-5-13-31(19-25)35(32-14-6-10-26(2)20-32)23-29-17-18-30(29)24-36(33-15-7-11-27(3)21-33)34-16-8-12-28(4)22-34/h5-16,19-22,29-30H,17-18,23-24H2,1-4H3/t29-,30-/m1/s1. The SMILES string of the molecule is Cc1cccc(P(C[C@H]2CC[C@@H]2CP(c2cccc(C)c2)c2cccc(C)c2)c2cccc(C)c2)c1. The Hall–Kier alpha value is -2.26. The lowest BCUT2D eigenvalue weighted by molar-refractivity contribution is 0.228. The molecule has 0 bridgehead atoms. The average Bonchev–Trinajstić information content (AvgIpc) is 2.84. The summed E-state index contributed by atoms with van der Waals surface area (Å²) in [5.74, 6) is 1.63. The van der Waals surface area contributed by atoms with Crippen molar-refractivity contribution in [1.29, 1.82) is 0 Å². The van der Waals surface area contributed by atoms with E-state index >= 15 is 0 Å². The van der Waals surface area contributed by atoms with Crippen LogP contribution in [0.5, 0.6) is 0 Å². The van der Waals surface area contributed by atoms with Crippen LogP contribution in [0.4, 0.5) is 0 Å². The summed E-state index contributed by atoms with van der Waals surface area (Å²) < 4.78 is 0. The van der Waals surface area contributed by atoms with Crippen LogP contribution in [0.2, 0.25) is 0 Å². The van der Waals surface area contributed by atoms with Crippen molar-refractivity contribution < 1.29 is 0 Å². The molecule has 0 heterocycles. The summed E-state index contributed by atoms with van der Waals surface area (Å²) >= 11 is 0. The summed E-state index contributed by atoms with van der Waals surface area (Å²) in [5, 5.41) is 6.17. The summed E-state index contributed by atoms with van der Waals surface area (Å²) in [4.78, 5) is 0. The first kappa shape index (κ1) is 25.4. The first-order valence-corrected chi connectivity index (χ1v) is 16.3. The van der Waals surface area contributed by atoms with Crippen molar-refractivity contribution in [2.24, 2.45) is 11.8 Å². The van der Waals surface area contributed by atoms with Crippen molar-refractivity contribution in [3.8, 4) is 0 Å². The van der Waals surface area contributed by atoms with Gasteiger partial charge in [0, 0.05) is 0 Å². The minimum absolute atomic E-state index is 0.340. The van der Waals surface area contributed by atoms with Crippen LogP contribution in [0.25, 0.3) is 0 Å². The molecule has 4 aromatic rings. The number of hydrogen-bond donors (Lipinski definition) is 0. The van der Waals surface area contributed by atoms with Gasteiger partial charge in [0.05, 0.1) is 0 Å². The van der Waals surface area contributed by atoms with Crippen LogP contribution in [-0.2, 0) is 0 Å². The molecular weight excluding hydrogens is 470 g/mol. The smallest absolute Gasteiger partial charge is 0.0192 e. The molecule has 36 heavy (non-hydrogen) atoms. The lowest BCUT2D eigenvalue weighted by Gasteiger charge is -2.41. The quantitative estimate of drug-likeness (QED) is 0.216. The fourth-order valence-electron chi connectivity index (χ4n) is 5.49. The second-order valence-electron chi connectivity index (χ2n) is 10.7. The lowest BCUT2D eigenvalue weighted by Crippen LogP contribution is -2.35. The number of aryl methyl sites for hydroxylation is 4. The van der Waals surface area contributed by atoms with Gasteiger partial charge in [0.1, 0.15) is 0 Å². The summed E-state index contributed by atoms with van der Waals surface area (Å²) in [7, 11) is -0.681. The Bertz CT molecular complexity index is 1130. The van der Waals surface area contributed by atoms with Crippen molar-refractivity contribution in [2.75, 3.05) is 12.3 Å². The number of rotatable bonds is 8. The van der Waals surface area contributed by atoms with Crippen LogP contribution < -0.4 is 21.2 Å². The van der Waals surface area contributed by atoms with Crippen LogP contribution in [-0.4, -0.2) is 12.3 Å². The van der Waals surface area contributed by atoms with Crippen LogP contribution in [0, 0.1) is 39.5 Å². The summed E-state index contributed by atoms with van der Waals surface area (Å²) in [6.45, 7) is 8.93. The second-order valence-corrected chi connectivity index (χ2v) is 15.2. The second kappa shape index (κ2) is 11.4. The third kappa shape index (κ3) is 5.99. The molecule has 1 fully saturated rings. The molecule has 0 N–H and O–H groups in total. The van der Waals surface area contributed by atoms with Gasteiger partial charge in [0.25, 0.3) is 0 Å². The molecule has 0 amide bonds. The highest BCUT2D eigenvalue weighted by molar-refractivity contribution is 7.73. The van der Waals surface area contributed by atoms with Gasteiger partial charge in [-0.3, -0.25) is 0 Å². The molecule has 0 nitrogen and oxygen atoms in total. The monoisotopic (exact) mass is 508 g/mol. The van der Waals surface area contributed by atoms with Gasteiger partial charge in [-0.15, -0.1) is 0 Å². The summed E-state index contributed by atoms with van der Waals surface area (Å²) in [6, 6.07) is 37.2. The van der Waals surface area contributed by atoms with E-state index in [0.29, 0.717) is 0 Å². The molecule has 0 saturated heterocycles. The predicted octanol–water partition coefficient (Wildman–Crippen LogP) is 7.51. The van der Waals surface area contributed by atoms with Crippen molar-refractivity contribution in [3.05, 3.63) is 119 Å². The highest BCUT2D eigenvalue weighted by atomic mass is 31.1. The highest BCUT2D eigenvalue weighted by Crippen LogP contribution is 2.50.